The Balaban J connectivity index is 1.82. The number of sulfone groups is 2. The van der Waals surface area contributed by atoms with E-state index in [2.05, 4.69) is 4.74 Å². The van der Waals surface area contributed by atoms with Crippen molar-refractivity contribution in [1.82, 2.24) is 4.72 Å². The average Bonchev–Trinajstić information content (AvgIpc) is 3.23. The molecule has 0 aromatic heterocycles. The van der Waals surface area contributed by atoms with Gasteiger partial charge in [0.1, 0.15) is 16.5 Å². The van der Waals surface area contributed by atoms with Crippen LogP contribution in [-0.2, 0) is 36.1 Å². The van der Waals surface area contributed by atoms with E-state index in [1.54, 1.807) is 0 Å². The summed E-state index contributed by atoms with van der Waals surface area (Å²) in [7, 11) is -15.7. The monoisotopic (exact) mass is 647 g/mol. The van der Waals surface area contributed by atoms with Crippen LogP contribution in [-0.4, -0.2) is 37.1 Å². The molecule has 18 heteroatoms. The Bertz CT molecular complexity index is 1840. The molecule has 1 N–H and O–H groups in total. The first-order valence-corrected chi connectivity index (χ1v) is 15.5. The molecular formula is C23H16F7NO7S3. The Morgan fingerprint density at radius 3 is 2.02 bits per heavy atom. The van der Waals surface area contributed by atoms with Gasteiger partial charge in [-0.2, -0.15) is 17.9 Å². The number of hydrogen-bond acceptors (Lipinski definition) is 7. The number of fused-ring (bicyclic) bond motifs is 1. The van der Waals surface area contributed by atoms with Crippen molar-refractivity contribution < 1.29 is 60.7 Å². The van der Waals surface area contributed by atoms with Crippen molar-refractivity contribution in [1.29, 1.82) is 0 Å². The third-order valence-electron chi connectivity index (χ3n) is 5.96. The highest BCUT2D eigenvalue weighted by Gasteiger charge is 2.47. The van der Waals surface area contributed by atoms with Gasteiger partial charge in [-0.1, -0.05) is 18.2 Å². The third-order valence-corrected chi connectivity index (χ3v) is 10.9. The second-order valence-electron chi connectivity index (χ2n) is 8.61. The second kappa shape index (κ2) is 10.2. The van der Waals surface area contributed by atoms with Gasteiger partial charge in [0, 0.05) is 12.1 Å². The van der Waals surface area contributed by atoms with Gasteiger partial charge in [0.2, 0.25) is 19.7 Å². The maximum Gasteiger partial charge on any atom is 0.573 e. The van der Waals surface area contributed by atoms with Crippen LogP contribution in [0.5, 0.6) is 5.75 Å². The van der Waals surface area contributed by atoms with Crippen molar-refractivity contribution >= 4 is 29.7 Å². The van der Waals surface area contributed by atoms with E-state index in [0.717, 1.165) is 42.5 Å². The molecule has 0 heterocycles. The summed E-state index contributed by atoms with van der Waals surface area (Å²) in [4.78, 5) is -3.91. The quantitative estimate of drug-likeness (QED) is 0.365. The highest BCUT2D eigenvalue weighted by atomic mass is 32.2. The van der Waals surface area contributed by atoms with Crippen molar-refractivity contribution in [2.75, 3.05) is 0 Å². The molecule has 41 heavy (non-hydrogen) atoms. The molecule has 8 nitrogen and oxygen atoms in total. The van der Waals surface area contributed by atoms with Crippen LogP contribution in [0.2, 0.25) is 0 Å². The topological polar surface area (TPSA) is 124 Å². The fourth-order valence-corrected chi connectivity index (χ4v) is 8.37. The smallest absolute Gasteiger partial charge is 0.406 e. The van der Waals surface area contributed by atoms with Crippen LogP contribution >= 0.6 is 0 Å². The average molecular weight is 648 g/mol. The minimum Gasteiger partial charge on any atom is -0.406 e. The lowest BCUT2D eigenvalue weighted by Gasteiger charge is -2.17. The summed E-state index contributed by atoms with van der Waals surface area (Å²) < 4.78 is 173. The molecule has 1 unspecified atom stereocenters. The first kappa shape index (κ1) is 30.7. The molecule has 222 valence electrons. The summed E-state index contributed by atoms with van der Waals surface area (Å²) in [6.07, 6.45) is -5.52. The zero-order valence-corrected chi connectivity index (χ0v) is 22.4. The third kappa shape index (κ3) is 6.05. The number of hydrogen-bond donors (Lipinski definition) is 1. The molecule has 0 fully saturated rings. The highest BCUT2D eigenvalue weighted by Crippen LogP contribution is 2.39. The van der Waals surface area contributed by atoms with Gasteiger partial charge in [-0.25, -0.2) is 29.6 Å². The predicted octanol–water partition coefficient (Wildman–Crippen LogP) is 4.82. The molecule has 0 saturated heterocycles. The number of alkyl halides is 6. The van der Waals surface area contributed by atoms with E-state index >= 15 is 0 Å². The van der Waals surface area contributed by atoms with Crippen LogP contribution in [0.1, 0.15) is 23.6 Å². The molecule has 0 radical (unpaired) electrons. The largest absolute Gasteiger partial charge is 0.573 e. The molecule has 1 aliphatic carbocycles. The van der Waals surface area contributed by atoms with Gasteiger partial charge in [-0.3, -0.25) is 0 Å². The number of ether oxygens (including phenoxy) is 1. The summed E-state index contributed by atoms with van der Waals surface area (Å²) in [6.45, 7) is 0. The SMILES string of the molecule is O=S(=O)(c1ccc2c(c1)CCC2NS(=O)(=O)C(F)(F)F)c1ccc(OC(F)(F)F)cc1S(=O)(=O)c1ccccc1F. The molecule has 3 aromatic rings. The number of aryl methyl sites for hydroxylation is 1. The van der Waals surface area contributed by atoms with E-state index < -0.39 is 78.8 Å². The normalized spacial score (nSPS) is 16.4. The number of halogens is 7. The Kier molecular flexibility index (Phi) is 7.68. The summed E-state index contributed by atoms with van der Waals surface area (Å²) in [5.74, 6) is -2.43. The van der Waals surface area contributed by atoms with Crippen molar-refractivity contribution in [3.8, 4) is 5.75 Å². The van der Waals surface area contributed by atoms with E-state index in [9.17, 15) is 56.0 Å². The van der Waals surface area contributed by atoms with Crippen LogP contribution in [0.25, 0.3) is 0 Å². The minimum atomic E-state index is -5.73. The van der Waals surface area contributed by atoms with Crippen molar-refractivity contribution in [2.24, 2.45) is 0 Å². The van der Waals surface area contributed by atoms with Gasteiger partial charge in [-0.15, -0.1) is 13.2 Å². The van der Waals surface area contributed by atoms with Gasteiger partial charge >= 0.3 is 21.9 Å². The number of benzene rings is 3. The van der Waals surface area contributed by atoms with Gasteiger partial charge < -0.3 is 4.74 Å². The summed E-state index contributed by atoms with van der Waals surface area (Å²) in [6, 6.07) is 6.61. The van der Waals surface area contributed by atoms with Crippen LogP contribution in [0.4, 0.5) is 30.7 Å². The predicted molar refractivity (Wildman–Crippen MR) is 126 cm³/mol. The number of sulfonamides is 1. The zero-order valence-electron chi connectivity index (χ0n) is 20.0. The lowest BCUT2D eigenvalue weighted by Crippen LogP contribution is -2.38. The molecule has 0 amide bonds. The maximum absolute atomic E-state index is 14.4. The minimum absolute atomic E-state index is 0.0323. The van der Waals surface area contributed by atoms with Gasteiger partial charge in [-0.05, 0) is 60.4 Å². The summed E-state index contributed by atoms with van der Waals surface area (Å²) in [5, 5.41) is 0. The lowest BCUT2D eigenvalue weighted by atomic mass is 10.1. The fourth-order valence-electron chi connectivity index (χ4n) is 4.16. The van der Waals surface area contributed by atoms with Crippen LogP contribution in [0.3, 0.4) is 0 Å². The van der Waals surface area contributed by atoms with Gasteiger partial charge in [0.15, 0.2) is 0 Å². The summed E-state index contributed by atoms with van der Waals surface area (Å²) >= 11 is 0. The van der Waals surface area contributed by atoms with E-state index in [0.29, 0.717) is 12.1 Å². The molecular weight excluding hydrogens is 631 g/mol. The standard InChI is InChI=1S/C23H16F7NO7S3/c24-17-3-1-2-4-19(17)40(34,35)21-12-14(38-22(25,26)27)6-10-20(21)39(32,33)15-7-8-16-13(11-15)5-9-18(16)31-41(36,37)23(28,29)30/h1-4,6-8,10-12,18,31H,5,9H2. The highest BCUT2D eigenvalue weighted by molar-refractivity contribution is 7.94. The molecule has 0 saturated carbocycles. The Morgan fingerprint density at radius 1 is 0.756 bits per heavy atom. The van der Waals surface area contributed by atoms with Crippen molar-refractivity contribution in [3.05, 3.63) is 77.6 Å². The molecule has 0 bridgehead atoms. The molecule has 1 atom stereocenters. The van der Waals surface area contributed by atoms with Crippen LogP contribution in [0, 0.1) is 5.82 Å². The molecule has 3 aromatic carbocycles. The molecule has 4 rings (SSSR count). The second-order valence-corrected chi connectivity index (χ2v) is 14.1. The molecule has 0 aliphatic heterocycles. The Morgan fingerprint density at radius 2 is 1.41 bits per heavy atom. The summed E-state index contributed by atoms with van der Waals surface area (Å²) in [5.41, 5.74) is -5.44. The first-order valence-electron chi connectivity index (χ1n) is 11.1. The van der Waals surface area contributed by atoms with E-state index in [1.165, 1.54) is 4.72 Å². The molecule has 1 aliphatic rings. The van der Waals surface area contributed by atoms with Gasteiger partial charge in [0.25, 0.3) is 0 Å². The fraction of sp³-hybridized carbons (Fsp3) is 0.217. The first-order chi connectivity index (χ1) is 18.7. The number of rotatable bonds is 7. The Labute approximate surface area is 228 Å². The van der Waals surface area contributed by atoms with Crippen molar-refractivity contribution in [2.45, 2.75) is 50.3 Å². The van der Waals surface area contributed by atoms with Crippen molar-refractivity contribution in [3.63, 3.8) is 0 Å². The van der Waals surface area contributed by atoms with E-state index in [-0.39, 0.29) is 30.0 Å². The van der Waals surface area contributed by atoms with Crippen LogP contribution in [0.15, 0.2) is 80.2 Å². The lowest BCUT2D eigenvalue weighted by molar-refractivity contribution is -0.274. The number of nitrogens with one attached hydrogen (secondary N) is 1. The Hall–Kier alpha value is -3.22. The zero-order chi connectivity index (χ0) is 30.6. The van der Waals surface area contributed by atoms with E-state index in [4.69, 9.17) is 0 Å². The van der Waals surface area contributed by atoms with Crippen LogP contribution < -0.4 is 9.46 Å². The maximum atomic E-state index is 14.4. The van der Waals surface area contributed by atoms with Gasteiger partial charge in [0.05, 0.1) is 14.7 Å². The molecule has 0 spiro atoms. The van der Waals surface area contributed by atoms with E-state index in [1.807, 2.05) is 0 Å².